The molecule has 1 saturated carbocycles. The Morgan fingerprint density at radius 1 is 0.690 bits per heavy atom. The zero-order chi connectivity index (χ0) is 20.2. The highest BCUT2D eigenvalue weighted by molar-refractivity contribution is 5.72. The number of allylic oxidation sites excluding steroid dienone is 2. The van der Waals surface area contributed by atoms with E-state index >= 15 is 0 Å². The molecule has 0 radical (unpaired) electrons. The van der Waals surface area contributed by atoms with Gasteiger partial charge in [-0.05, 0) is 65.8 Å². The second kappa shape index (κ2) is 7.01. The van der Waals surface area contributed by atoms with Crippen LogP contribution in [0, 0.1) is 5.41 Å². The van der Waals surface area contributed by atoms with Crippen LogP contribution in [0.25, 0.3) is 12.2 Å². The van der Waals surface area contributed by atoms with E-state index in [1.54, 1.807) is 22.3 Å². The molecule has 0 saturated heterocycles. The van der Waals surface area contributed by atoms with Gasteiger partial charge in [0.15, 0.2) is 0 Å². The Morgan fingerprint density at radius 3 is 2.10 bits per heavy atom. The zero-order valence-corrected chi connectivity index (χ0v) is 18.5. The van der Waals surface area contributed by atoms with Gasteiger partial charge >= 0.3 is 0 Å². The van der Waals surface area contributed by atoms with Crippen LogP contribution in [0.2, 0.25) is 0 Å². The van der Waals surface area contributed by atoms with E-state index in [4.69, 9.17) is 0 Å². The summed E-state index contributed by atoms with van der Waals surface area (Å²) in [7, 11) is 0. The SMILES string of the molecule is CC1=Cc2ccccc2C1C(C)(C)C1C(C)=Cc2c(C3CCCCC3)cccc21. The third kappa shape index (κ3) is 2.95. The van der Waals surface area contributed by atoms with Crippen LogP contribution in [0.15, 0.2) is 53.6 Å². The van der Waals surface area contributed by atoms with Crippen molar-refractivity contribution < 1.29 is 0 Å². The molecule has 1 fully saturated rings. The summed E-state index contributed by atoms with van der Waals surface area (Å²) in [5.41, 5.74) is 10.9. The van der Waals surface area contributed by atoms with Gasteiger partial charge in [-0.25, -0.2) is 0 Å². The van der Waals surface area contributed by atoms with Crippen LogP contribution >= 0.6 is 0 Å². The highest BCUT2D eigenvalue weighted by Gasteiger charge is 2.45. The van der Waals surface area contributed by atoms with Crippen LogP contribution in [-0.2, 0) is 0 Å². The van der Waals surface area contributed by atoms with E-state index in [1.807, 2.05) is 0 Å². The number of fused-ring (bicyclic) bond motifs is 2. The quantitative estimate of drug-likeness (QED) is 0.499. The monoisotopic (exact) mass is 382 g/mol. The molecule has 5 rings (SSSR count). The molecular formula is C29H34. The van der Waals surface area contributed by atoms with Gasteiger partial charge in [0.1, 0.15) is 0 Å². The van der Waals surface area contributed by atoms with Gasteiger partial charge in [0.05, 0.1) is 0 Å². The van der Waals surface area contributed by atoms with Gasteiger partial charge < -0.3 is 0 Å². The summed E-state index contributed by atoms with van der Waals surface area (Å²) in [6.07, 6.45) is 11.9. The minimum absolute atomic E-state index is 0.143. The van der Waals surface area contributed by atoms with Gasteiger partial charge in [0.2, 0.25) is 0 Å². The Labute approximate surface area is 176 Å². The lowest BCUT2D eigenvalue weighted by molar-refractivity contribution is 0.275. The first-order valence-corrected chi connectivity index (χ1v) is 11.6. The van der Waals surface area contributed by atoms with Gasteiger partial charge in [0.25, 0.3) is 0 Å². The summed E-state index contributed by atoms with van der Waals surface area (Å²) in [6, 6.07) is 16.2. The first kappa shape index (κ1) is 18.9. The minimum atomic E-state index is 0.143. The predicted molar refractivity (Wildman–Crippen MR) is 125 cm³/mol. The van der Waals surface area contributed by atoms with Crippen LogP contribution in [0.1, 0.15) is 105 Å². The molecule has 0 heterocycles. The highest BCUT2D eigenvalue weighted by Crippen LogP contribution is 2.58. The van der Waals surface area contributed by atoms with Crippen molar-refractivity contribution >= 4 is 12.2 Å². The van der Waals surface area contributed by atoms with Crippen molar-refractivity contribution in [3.8, 4) is 0 Å². The van der Waals surface area contributed by atoms with Gasteiger partial charge in [0, 0.05) is 11.8 Å². The second-order valence-corrected chi connectivity index (χ2v) is 10.3. The van der Waals surface area contributed by atoms with Crippen molar-refractivity contribution in [1.82, 2.24) is 0 Å². The molecule has 0 heteroatoms. The normalized spacial score (nSPS) is 24.1. The average Bonchev–Trinajstić information content (AvgIpc) is 3.24. The van der Waals surface area contributed by atoms with Gasteiger partial charge in [-0.1, -0.05) is 98.9 Å². The third-order valence-corrected chi connectivity index (χ3v) is 7.99. The lowest BCUT2D eigenvalue weighted by Crippen LogP contribution is -2.29. The number of rotatable bonds is 3. The summed E-state index contributed by atoms with van der Waals surface area (Å²) in [4.78, 5) is 0. The van der Waals surface area contributed by atoms with E-state index in [-0.39, 0.29) is 5.41 Å². The third-order valence-electron chi connectivity index (χ3n) is 7.99. The van der Waals surface area contributed by atoms with Crippen LogP contribution in [-0.4, -0.2) is 0 Å². The molecule has 3 aliphatic rings. The molecule has 2 aromatic carbocycles. The van der Waals surface area contributed by atoms with E-state index in [2.05, 4.69) is 82.3 Å². The standard InChI is InChI=1S/C29H34/c1-19-17-22-13-8-9-14-24(22)27(19)29(3,4)28-20(2)18-26-23(15-10-16-25(26)28)21-11-6-5-7-12-21/h8-10,13-18,21,27-28H,5-7,11-12H2,1-4H3. The molecule has 0 spiro atoms. The summed E-state index contributed by atoms with van der Waals surface area (Å²) in [6.45, 7) is 9.71. The Morgan fingerprint density at radius 2 is 1.31 bits per heavy atom. The summed E-state index contributed by atoms with van der Waals surface area (Å²) < 4.78 is 0. The topological polar surface area (TPSA) is 0 Å². The van der Waals surface area contributed by atoms with Gasteiger partial charge in [-0.15, -0.1) is 0 Å². The van der Waals surface area contributed by atoms with Crippen LogP contribution in [0.5, 0.6) is 0 Å². The molecule has 29 heavy (non-hydrogen) atoms. The average molecular weight is 383 g/mol. The maximum atomic E-state index is 2.53. The fourth-order valence-electron chi connectivity index (χ4n) is 6.97. The zero-order valence-electron chi connectivity index (χ0n) is 18.5. The van der Waals surface area contributed by atoms with Crippen molar-refractivity contribution in [2.45, 2.75) is 77.6 Å². The fourth-order valence-corrected chi connectivity index (χ4v) is 6.97. The van der Waals surface area contributed by atoms with Crippen molar-refractivity contribution in [2.75, 3.05) is 0 Å². The van der Waals surface area contributed by atoms with E-state index in [0.29, 0.717) is 11.8 Å². The molecule has 0 N–H and O–H groups in total. The van der Waals surface area contributed by atoms with Gasteiger partial charge in [-0.2, -0.15) is 0 Å². The number of hydrogen-bond donors (Lipinski definition) is 0. The van der Waals surface area contributed by atoms with Crippen molar-refractivity contribution in [3.05, 3.63) is 81.4 Å². The Kier molecular flexibility index (Phi) is 4.57. The van der Waals surface area contributed by atoms with Crippen molar-refractivity contribution in [1.29, 1.82) is 0 Å². The highest BCUT2D eigenvalue weighted by atomic mass is 14.5. The lowest BCUT2D eigenvalue weighted by atomic mass is 9.62. The molecular weight excluding hydrogens is 348 g/mol. The molecule has 0 amide bonds. The predicted octanol–water partition coefficient (Wildman–Crippen LogP) is 8.46. The molecule has 2 aromatic rings. The summed E-state index contributed by atoms with van der Waals surface area (Å²) >= 11 is 0. The molecule has 0 aliphatic heterocycles. The molecule has 2 atom stereocenters. The molecule has 0 bridgehead atoms. The second-order valence-electron chi connectivity index (χ2n) is 10.3. The summed E-state index contributed by atoms with van der Waals surface area (Å²) in [5, 5.41) is 0. The Bertz CT molecular complexity index is 994. The lowest BCUT2D eigenvalue weighted by Gasteiger charge is -2.41. The molecule has 2 unspecified atom stereocenters. The largest absolute Gasteiger partial charge is 0.0646 e. The van der Waals surface area contributed by atoms with E-state index < -0.39 is 0 Å². The Hall–Kier alpha value is -2.08. The Balaban J connectivity index is 1.57. The smallest absolute Gasteiger partial charge is 0.0115 e. The summed E-state index contributed by atoms with van der Waals surface area (Å²) in [5.74, 6) is 1.73. The first-order chi connectivity index (χ1) is 14.0. The maximum absolute atomic E-state index is 2.53. The van der Waals surface area contributed by atoms with Gasteiger partial charge in [-0.3, -0.25) is 0 Å². The van der Waals surface area contributed by atoms with E-state index in [9.17, 15) is 0 Å². The fraction of sp³-hybridized carbons (Fsp3) is 0.448. The molecule has 150 valence electrons. The maximum Gasteiger partial charge on any atom is 0.0115 e. The number of hydrogen-bond acceptors (Lipinski definition) is 0. The molecule has 0 nitrogen and oxygen atoms in total. The van der Waals surface area contributed by atoms with Crippen LogP contribution in [0.4, 0.5) is 0 Å². The molecule has 3 aliphatic carbocycles. The minimum Gasteiger partial charge on any atom is -0.0646 e. The van der Waals surface area contributed by atoms with E-state index in [0.717, 1.165) is 5.92 Å². The molecule has 0 aromatic heterocycles. The van der Waals surface area contributed by atoms with Crippen molar-refractivity contribution in [3.63, 3.8) is 0 Å². The first-order valence-electron chi connectivity index (χ1n) is 11.6. The van der Waals surface area contributed by atoms with Crippen molar-refractivity contribution in [2.24, 2.45) is 5.41 Å². The van der Waals surface area contributed by atoms with Crippen LogP contribution < -0.4 is 0 Å². The number of benzene rings is 2. The van der Waals surface area contributed by atoms with Crippen LogP contribution in [0.3, 0.4) is 0 Å². The van der Waals surface area contributed by atoms with E-state index in [1.165, 1.54) is 48.8 Å².